The first kappa shape index (κ1) is 16.0. The van der Waals surface area contributed by atoms with E-state index in [0.717, 1.165) is 25.3 Å². The van der Waals surface area contributed by atoms with Crippen LogP contribution in [-0.4, -0.2) is 23.6 Å². The van der Waals surface area contributed by atoms with E-state index in [1.54, 1.807) is 6.20 Å². The van der Waals surface area contributed by atoms with Crippen molar-refractivity contribution >= 4 is 11.8 Å². The molecule has 0 amide bonds. The zero-order valence-electron chi connectivity index (χ0n) is 13.9. The molecule has 122 valence electrons. The molecule has 24 heavy (non-hydrogen) atoms. The monoisotopic (exact) mass is 318 g/mol. The molecule has 0 fully saturated rings. The number of hydrogen-bond donors (Lipinski definition) is 1. The molecule has 4 heteroatoms. The summed E-state index contributed by atoms with van der Waals surface area (Å²) in [5, 5.41) is 3.30. The van der Waals surface area contributed by atoms with Crippen LogP contribution in [0.25, 0.3) is 0 Å². The smallest absolute Gasteiger partial charge is 0.224 e. The van der Waals surface area contributed by atoms with Crippen molar-refractivity contribution in [2.75, 3.05) is 23.8 Å². The van der Waals surface area contributed by atoms with Crippen LogP contribution in [0.3, 0.4) is 0 Å². The van der Waals surface area contributed by atoms with Gasteiger partial charge in [-0.05, 0) is 23.6 Å². The van der Waals surface area contributed by atoms with Gasteiger partial charge in [-0.15, -0.1) is 0 Å². The predicted octanol–water partition coefficient (Wildman–Crippen LogP) is 3.77. The summed E-state index contributed by atoms with van der Waals surface area (Å²) < 4.78 is 0. The molecular formula is C20H22N4. The first-order chi connectivity index (χ1) is 11.8. The largest absolute Gasteiger partial charge is 0.355 e. The molecule has 4 nitrogen and oxygen atoms in total. The summed E-state index contributed by atoms with van der Waals surface area (Å²) in [6.07, 6.45) is 2.75. The fraction of sp³-hybridized carbons (Fsp3) is 0.200. The molecule has 1 N–H and O–H groups in total. The third-order valence-electron chi connectivity index (χ3n) is 3.83. The van der Waals surface area contributed by atoms with Crippen LogP contribution < -0.4 is 10.2 Å². The molecule has 0 aliphatic heterocycles. The molecule has 3 aromatic rings. The van der Waals surface area contributed by atoms with Crippen molar-refractivity contribution in [2.24, 2.45) is 0 Å². The molecule has 0 aliphatic carbocycles. The summed E-state index contributed by atoms with van der Waals surface area (Å²) >= 11 is 0. The number of hydrogen-bond acceptors (Lipinski definition) is 4. The number of nitrogens with one attached hydrogen (secondary N) is 1. The van der Waals surface area contributed by atoms with Crippen LogP contribution in [0.2, 0.25) is 0 Å². The second-order valence-electron chi connectivity index (χ2n) is 5.74. The quantitative estimate of drug-likeness (QED) is 0.720. The van der Waals surface area contributed by atoms with Crippen LogP contribution in [-0.2, 0) is 13.0 Å². The highest BCUT2D eigenvalue weighted by Gasteiger charge is 2.05. The fourth-order valence-electron chi connectivity index (χ4n) is 2.55. The Hall–Kier alpha value is -2.88. The zero-order chi connectivity index (χ0) is 16.6. The fourth-order valence-corrected chi connectivity index (χ4v) is 2.55. The van der Waals surface area contributed by atoms with E-state index in [4.69, 9.17) is 0 Å². The van der Waals surface area contributed by atoms with E-state index in [-0.39, 0.29) is 0 Å². The lowest BCUT2D eigenvalue weighted by Gasteiger charge is -2.18. The average Bonchev–Trinajstić information content (AvgIpc) is 2.64. The molecule has 0 atom stereocenters. The van der Waals surface area contributed by atoms with Crippen LogP contribution in [0, 0.1) is 0 Å². The zero-order valence-corrected chi connectivity index (χ0v) is 13.9. The minimum Gasteiger partial charge on any atom is -0.355 e. The molecule has 0 saturated heterocycles. The van der Waals surface area contributed by atoms with Crippen LogP contribution in [0.5, 0.6) is 0 Å². The van der Waals surface area contributed by atoms with E-state index in [1.807, 2.05) is 25.2 Å². The molecule has 1 heterocycles. The lowest BCUT2D eigenvalue weighted by atomic mass is 10.1. The van der Waals surface area contributed by atoms with E-state index < -0.39 is 0 Å². The Kier molecular flexibility index (Phi) is 5.40. The Balaban J connectivity index is 1.57. The van der Waals surface area contributed by atoms with Gasteiger partial charge in [-0.2, -0.15) is 4.98 Å². The summed E-state index contributed by atoms with van der Waals surface area (Å²) in [6.45, 7) is 1.64. The summed E-state index contributed by atoms with van der Waals surface area (Å²) in [4.78, 5) is 11.0. The van der Waals surface area contributed by atoms with Crippen molar-refractivity contribution in [2.45, 2.75) is 13.0 Å². The topological polar surface area (TPSA) is 41.1 Å². The Morgan fingerprint density at radius 1 is 0.875 bits per heavy atom. The number of nitrogens with zero attached hydrogens (tertiary/aromatic N) is 3. The maximum atomic E-state index is 4.60. The lowest BCUT2D eigenvalue weighted by Crippen LogP contribution is -2.18. The summed E-state index contributed by atoms with van der Waals surface area (Å²) in [5.74, 6) is 1.58. The summed E-state index contributed by atoms with van der Waals surface area (Å²) in [7, 11) is 2.04. The van der Waals surface area contributed by atoms with Crippen LogP contribution in [0.1, 0.15) is 11.1 Å². The third kappa shape index (κ3) is 4.56. The summed E-state index contributed by atoms with van der Waals surface area (Å²) in [6, 6.07) is 22.7. The van der Waals surface area contributed by atoms with Gasteiger partial charge in [-0.1, -0.05) is 60.7 Å². The number of aromatic nitrogens is 2. The second-order valence-corrected chi connectivity index (χ2v) is 5.74. The maximum absolute atomic E-state index is 4.60. The van der Waals surface area contributed by atoms with E-state index in [2.05, 4.69) is 68.7 Å². The Morgan fingerprint density at radius 2 is 1.54 bits per heavy atom. The van der Waals surface area contributed by atoms with Gasteiger partial charge in [0.05, 0.1) is 0 Å². The molecule has 3 rings (SSSR count). The first-order valence-electron chi connectivity index (χ1n) is 8.17. The van der Waals surface area contributed by atoms with Gasteiger partial charge in [0.15, 0.2) is 0 Å². The van der Waals surface area contributed by atoms with Gasteiger partial charge in [0, 0.05) is 26.3 Å². The van der Waals surface area contributed by atoms with E-state index in [0.29, 0.717) is 5.95 Å². The average molecular weight is 318 g/mol. The van der Waals surface area contributed by atoms with Crippen LogP contribution in [0.15, 0.2) is 72.9 Å². The van der Waals surface area contributed by atoms with Gasteiger partial charge < -0.3 is 10.2 Å². The number of anilines is 2. The molecule has 0 aliphatic rings. The number of rotatable bonds is 7. The highest BCUT2D eigenvalue weighted by molar-refractivity contribution is 5.42. The minimum atomic E-state index is 0.670. The van der Waals surface area contributed by atoms with Crippen molar-refractivity contribution in [1.82, 2.24) is 9.97 Å². The molecule has 0 unspecified atom stereocenters. The van der Waals surface area contributed by atoms with Gasteiger partial charge in [0.2, 0.25) is 5.95 Å². The van der Waals surface area contributed by atoms with Gasteiger partial charge in [-0.3, -0.25) is 0 Å². The van der Waals surface area contributed by atoms with Gasteiger partial charge in [-0.25, -0.2) is 4.98 Å². The molecule has 0 saturated carbocycles. The molecular weight excluding hydrogens is 296 g/mol. The van der Waals surface area contributed by atoms with Crippen LogP contribution >= 0.6 is 0 Å². The molecule has 0 spiro atoms. The standard InChI is InChI=1S/C20H22N4/c1-24(16-18-10-6-3-7-11-18)19-13-15-22-20(23-19)21-14-12-17-8-4-2-5-9-17/h2-11,13,15H,12,14,16H2,1H3,(H,21,22,23). The number of benzene rings is 2. The lowest BCUT2D eigenvalue weighted by molar-refractivity contribution is 0.887. The van der Waals surface area contributed by atoms with E-state index in [9.17, 15) is 0 Å². The molecule has 0 bridgehead atoms. The molecule has 0 radical (unpaired) electrons. The van der Waals surface area contributed by atoms with Crippen molar-refractivity contribution in [3.63, 3.8) is 0 Å². The highest BCUT2D eigenvalue weighted by Crippen LogP contribution is 2.14. The second kappa shape index (κ2) is 8.11. The van der Waals surface area contributed by atoms with E-state index >= 15 is 0 Å². The van der Waals surface area contributed by atoms with Gasteiger partial charge >= 0.3 is 0 Å². The highest BCUT2D eigenvalue weighted by atomic mass is 15.2. The predicted molar refractivity (Wildman–Crippen MR) is 99.2 cm³/mol. The molecule has 1 aromatic heterocycles. The van der Waals surface area contributed by atoms with Crippen molar-refractivity contribution in [1.29, 1.82) is 0 Å². The third-order valence-corrected chi connectivity index (χ3v) is 3.83. The van der Waals surface area contributed by atoms with Crippen molar-refractivity contribution < 1.29 is 0 Å². The Bertz CT molecular complexity index is 744. The SMILES string of the molecule is CN(Cc1ccccc1)c1ccnc(NCCc2ccccc2)n1. The van der Waals surface area contributed by atoms with Gasteiger partial charge in [0.1, 0.15) is 5.82 Å². The van der Waals surface area contributed by atoms with Crippen molar-refractivity contribution in [3.05, 3.63) is 84.1 Å². The minimum absolute atomic E-state index is 0.670. The van der Waals surface area contributed by atoms with Crippen molar-refractivity contribution in [3.8, 4) is 0 Å². The Labute approximate surface area is 143 Å². The normalized spacial score (nSPS) is 10.4. The Morgan fingerprint density at radius 3 is 2.25 bits per heavy atom. The van der Waals surface area contributed by atoms with Crippen LogP contribution in [0.4, 0.5) is 11.8 Å². The van der Waals surface area contributed by atoms with Gasteiger partial charge in [0.25, 0.3) is 0 Å². The van der Waals surface area contributed by atoms with E-state index in [1.165, 1.54) is 11.1 Å². The first-order valence-corrected chi connectivity index (χ1v) is 8.17. The molecule has 2 aromatic carbocycles. The summed E-state index contributed by atoms with van der Waals surface area (Å²) in [5.41, 5.74) is 2.57. The maximum Gasteiger partial charge on any atom is 0.224 e.